The highest BCUT2D eigenvalue weighted by molar-refractivity contribution is 6.17. The number of halogens is 1. The maximum absolute atomic E-state index is 5.99. The van der Waals surface area contributed by atoms with Gasteiger partial charge in [0.05, 0.1) is 0 Å². The van der Waals surface area contributed by atoms with E-state index in [2.05, 4.69) is 30.9 Å². The van der Waals surface area contributed by atoms with Crippen LogP contribution in [0.5, 0.6) is 0 Å². The molecule has 18 heavy (non-hydrogen) atoms. The fraction of sp³-hybridized carbons (Fsp3) is 0.667. The Morgan fingerprint density at radius 3 is 2.67 bits per heavy atom. The lowest BCUT2D eigenvalue weighted by molar-refractivity contribution is 0.726. The molecule has 1 saturated carbocycles. The number of pyridine rings is 1. The first-order valence-corrected chi connectivity index (χ1v) is 7.61. The number of aryl methyl sites for hydroxylation is 1. The number of hydrogen-bond acceptors (Lipinski definition) is 2. The molecule has 1 aliphatic rings. The topological polar surface area (TPSA) is 16.1 Å². The molecular weight excluding hydrogens is 244 g/mol. The van der Waals surface area contributed by atoms with Crippen molar-refractivity contribution >= 4 is 17.4 Å². The van der Waals surface area contributed by atoms with Crippen molar-refractivity contribution in [3.05, 3.63) is 23.4 Å². The molecule has 100 valence electrons. The standard InChI is InChI=1S/C15H23ClN2/c1-3-5-14-8-13(10-16)9-15(17-14)18(4-2)11-12-6-7-12/h8-9,12H,3-7,10-11H2,1-2H3. The van der Waals surface area contributed by atoms with Crippen LogP contribution in [-0.2, 0) is 12.3 Å². The summed E-state index contributed by atoms with van der Waals surface area (Å²) >= 11 is 5.99. The molecule has 1 heterocycles. The molecule has 1 fully saturated rings. The predicted molar refractivity (Wildman–Crippen MR) is 78.4 cm³/mol. The minimum absolute atomic E-state index is 0.577. The summed E-state index contributed by atoms with van der Waals surface area (Å²) in [5.74, 6) is 2.58. The second-order valence-corrected chi connectivity index (χ2v) is 5.46. The highest BCUT2D eigenvalue weighted by Gasteiger charge is 2.24. The SMILES string of the molecule is CCCc1cc(CCl)cc(N(CC)CC2CC2)n1. The second-order valence-electron chi connectivity index (χ2n) is 5.19. The first-order chi connectivity index (χ1) is 8.76. The van der Waals surface area contributed by atoms with Crippen LogP contribution < -0.4 is 4.90 Å². The van der Waals surface area contributed by atoms with Crippen LogP contribution in [-0.4, -0.2) is 18.1 Å². The van der Waals surface area contributed by atoms with Gasteiger partial charge < -0.3 is 4.90 Å². The van der Waals surface area contributed by atoms with E-state index in [1.165, 1.54) is 24.1 Å². The van der Waals surface area contributed by atoms with E-state index >= 15 is 0 Å². The third-order valence-electron chi connectivity index (χ3n) is 3.47. The second kappa shape index (κ2) is 6.42. The zero-order valence-corrected chi connectivity index (χ0v) is 12.2. The van der Waals surface area contributed by atoms with Gasteiger partial charge in [0.15, 0.2) is 0 Å². The van der Waals surface area contributed by atoms with E-state index in [1.807, 2.05) is 0 Å². The number of anilines is 1. The van der Waals surface area contributed by atoms with Gasteiger partial charge in [0.25, 0.3) is 0 Å². The molecular formula is C15H23ClN2. The van der Waals surface area contributed by atoms with Gasteiger partial charge in [0.2, 0.25) is 0 Å². The van der Waals surface area contributed by atoms with Gasteiger partial charge >= 0.3 is 0 Å². The smallest absolute Gasteiger partial charge is 0.129 e. The van der Waals surface area contributed by atoms with Crippen LogP contribution in [0.4, 0.5) is 5.82 Å². The molecule has 1 aromatic heterocycles. The quantitative estimate of drug-likeness (QED) is 0.694. The molecule has 0 N–H and O–H groups in total. The summed E-state index contributed by atoms with van der Waals surface area (Å²) in [7, 11) is 0. The van der Waals surface area contributed by atoms with Gasteiger partial charge in [0.1, 0.15) is 5.82 Å². The van der Waals surface area contributed by atoms with E-state index in [9.17, 15) is 0 Å². The number of aromatic nitrogens is 1. The molecule has 0 radical (unpaired) electrons. The minimum atomic E-state index is 0.577. The molecule has 2 nitrogen and oxygen atoms in total. The third-order valence-corrected chi connectivity index (χ3v) is 3.77. The normalized spacial score (nSPS) is 14.8. The molecule has 0 aromatic carbocycles. The van der Waals surface area contributed by atoms with Gasteiger partial charge in [0, 0.05) is 24.7 Å². The molecule has 3 heteroatoms. The van der Waals surface area contributed by atoms with Crippen molar-refractivity contribution < 1.29 is 0 Å². The van der Waals surface area contributed by atoms with Crippen molar-refractivity contribution in [3.63, 3.8) is 0 Å². The van der Waals surface area contributed by atoms with Crippen molar-refractivity contribution in [2.45, 2.75) is 45.4 Å². The Labute approximate surface area is 115 Å². The van der Waals surface area contributed by atoms with Crippen LogP contribution in [0, 0.1) is 5.92 Å². The molecule has 0 atom stereocenters. The zero-order chi connectivity index (χ0) is 13.0. The third kappa shape index (κ3) is 3.61. The van der Waals surface area contributed by atoms with Crippen LogP contribution in [0.25, 0.3) is 0 Å². The van der Waals surface area contributed by atoms with E-state index in [1.54, 1.807) is 0 Å². The van der Waals surface area contributed by atoms with E-state index in [0.29, 0.717) is 5.88 Å². The molecule has 0 unspecified atom stereocenters. The van der Waals surface area contributed by atoms with E-state index in [-0.39, 0.29) is 0 Å². The maximum atomic E-state index is 5.99. The van der Waals surface area contributed by atoms with Crippen molar-refractivity contribution in [1.82, 2.24) is 4.98 Å². The monoisotopic (exact) mass is 266 g/mol. The Morgan fingerprint density at radius 1 is 1.33 bits per heavy atom. The molecule has 1 aliphatic carbocycles. The number of nitrogens with zero attached hydrogens (tertiary/aromatic N) is 2. The molecule has 0 aliphatic heterocycles. The van der Waals surface area contributed by atoms with Crippen molar-refractivity contribution in [1.29, 1.82) is 0 Å². The molecule has 0 spiro atoms. The molecule has 2 rings (SSSR count). The summed E-state index contributed by atoms with van der Waals surface area (Å²) in [6.45, 7) is 6.58. The number of rotatable bonds is 7. The Balaban J connectivity index is 2.19. The lowest BCUT2D eigenvalue weighted by Gasteiger charge is -2.23. The van der Waals surface area contributed by atoms with Gasteiger partial charge in [-0.25, -0.2) is 4.98 Å². The van der Waals surface area contributed by atoms with Crippen LogP contribution in [0.3, 0.4) is 0 Å². The van der Waals surface area contributed by atoms with Gasteiger partial charge in [-0.3, -0.25) is 0 Å². The van der Waals surface area contributed by atoms with Gasteiger partial charge in [-0.05, 0) is 49.8 Å². The molecule has 0 amide bonds. The van der Waals surface area contributed by atoms with Crippen LogP contribution in [0.2, 0.25) is 0 Å². The fourth-order valence-corrected chi connectivity index (χ4v) is 2.41. The average Bonchev–Trinajstić information content (AvgIpc) is 3.19. The van der Waals surface area contributed by atoms with Crippen LogP contribution >= 0.6 is 11.6 Å². The fourth-order valence-electron chi connectivity index (χ4n) is 2.25. The van der Waals surface area contributed by atoms with E-state index in [4.69, 9.17) is 16.6 Å². The minimum Gasteiger partial charge on any atom is -0.357 e. The first-order valence-electron chi connectivity index (χ1n) is 7.07. The highest BCUT2D eigenvalue weighted by Crippen LogP contribution is 2.31. The lowest BCUT2D eigenvalue weighted by atomic mass is 10.1. The summed E-state index contributed by atoms with van der Waals surface area (Å²) < 4.78 is 0. The van der Waals surface area contributed by atoms with E-state index < -0.39 is 0 Å². The maximum Gasteiger partial charge on any atom is 0.129 e. The lowest BCUT2D eigenvalue weighted by Crippen LogP contribution is -2.26. The predicted octanol–water partition coefficient (Wildman–Crippen LogP) is 4.01. The largest absolute Gasteiger partial charge is 0.357 e. The van der Waals surface area contributed by atoms with Crippen LogP contribution in [0.15, 0.2) is 12.1 Å². The Bertz CT molecular complexity index is 388. The molecule has 1 aromatic rings. The van der Waals surface area contributed by atoms with Crippen molar-refractivity contribution in [3.8, 4) is 0 Å². The Hall–Kier alpha value is -0.760. The van der Waals surface area contributed by atoms with Gasteiger partial charge in [-0.1, -0.05) is 13.3 Å². The zero-order valence-electron chi connectivity index (χ0n) is 11.5. The first kappa shape index (κ1) is 13.7. The Kier molecular flexibility index (Phi) is 4.87. The summed E-state index contributed by atoms with van der Waals surface area (Å²) in [6, 6.07) is 4.29. The average molecular weight is 267 g/mol. The van der Waals surface area contributed by atoms with E-state index in [0.717, 1.165) is 37.7 Å². The van der Waals surface area contributed by atoms with Crippen molar-refractivity contribution in [2.75, 3.05) is 18.0 Å². The highest BCUT2D eigenvalue weighted by atomic mass is 35.5. The number of hydrogen-bond donors (Lipinski definition) is 0. The van der Waals surface area contributed by atoms with Gasteiger partial charge in [-0.15, -0.1) is 11.6 Å². The van der Waals surface area contributed by atoms with Crippen molar-refractivity contribution in [2.24, 2.45) is 5.92 Å². The molecule has 0 bridgehead atoms. The van der Waals surface area contributed by atoms with Gasteiger partial charge in [-0.2, -0.15) is 0 Å². The van der Waals surface area contributed by atoms with Crippen LogP contribution in [0.1, 0.15) is 44.4 Å². The Morgan fingerprint density at radius 2 is 2.11 bits per heavy atom. The number of alkyl halides is 1. The molecule has 0 saturated heterocycles. The summed E-state index contributed by atoms with van der Waals surface area (Å²) in [4.78, 5) is 7.19. The summed E-state index contributed by atoms with van der Waals surface area (Å²) in [6.07, 6.45) is 4.94. The summed E-state index contributed by atoms with van der Waals surface area (Å²) in [5.41, 5.74) is 2.37. The summed E-state index contributed by atoms with van der Waals surface area (Å²) in [5, 5.41) is 0.